The molecule has 1 heterocycles. The Morgan fingerprint density at radius 3 is 2.89 bits per heavy atom. The van der Waals surface area contributed by atoms with E-state index in [4.69, 9.17) is 4.74 Å². The monoisotopic (exact) mass is 325 g/mol. The number of aromatic amines is 1. The van der Waals surface area contributed by atoms with Gasteiger partial charge in [-0.1, -0.05) is 0 Å². The Morgan fingerprint density at radius 1 is 1.47 bits per heavy atom. The third-order valence-electron chi connectivity index (χ3n) is 2.35. The van der Waals surface area contributed by atoms with Crippen molar-refractivity contribution in [1.29, 1.82) is 0 Å². The average molecular weight is 326 g/mol. The lowest BCUT2D eigenvalue weighted by molar-refractivity contribution is -0.384. The predicted octanol–water partition coefficient (Wildman–Crippen LogP) is 2.54. The molecular weight excluding hydrogens is 318 g/mol. The summed E-state index contributed by atoms with van der Waals surface area (Å²) in [5.41, 5.74) is 0.203. The Bertz CT molecular complexity index is 699. The molecule has 1 aromatic heterocycles. The van der Waals surface area contributed by atoms with Gasteiger partial charge in [0.25, 0.3) is 11.2 Å². The number of hydrogen-bond acceptors (Lipinski definition) is 5. The number of nitrogens with zero attached hydrogens (tertiary/aromatic N) is 2. The molecule has 0 fully saturated rings. The zero-order chi connectivity index (χ0) is 14.0. The molecule has 7 nitrogen and oxygen atoms in total. The van der Waals surface area contributed by atoms with Crippen LogP contribution < -0.4 is 10.3 Å². The van der Waals surface area contributed by atoms with E-state index in [1.165, 1.54) is 18.5 Å². The van der Waals surface area contributed by atoms with Crippen molar-refractivity contribution >= 4 is 21.6 Å². The van der Waals surface area contributed by atoms with Crippen LogP contribution >= 0.6 is 15.9 Å². The van der Waals surface area contributed by atoms with Crippen LogP contribution in [0.4, 0.5) is 5.69 Å². The third kappa shape index (κ3) is 2.79. The Hall–Kier alpha value is -2.22. The van der Waals surface area contributed by atoms with Crippen molar-refractivity contribution in [2.75, 3.05) is 0 Å². The largest absolute Gasteiger partial charge is 0.437 e. The first-order valence-electron chi connectivity index (χ1n) is 5.15. The minimum atomic E-state index is -0.521. The van der Waals surface area contributed by atoms with Crippen LogP contribution in [0.15, 0.2) is 33.8 Å². The maximum absolute atomic E-state index is 11.4. The van der Waals surface area contributed by atoms with Crippen LogP contribution in [0.1, 0.15) is 5.56 Å². The van der Waals surface area contributed by atoms with Gasteiger partial charge in [-0.2, -0.15) is 0 Å². The lowest BCUT2D eigenvalue weighted by atomic mass is 10.2. The highest BCUT2D eigenvalue weighted by Crippen LogP contribution is 2.29. The minimum Gasteiger partial charge on any atom is -0.437 e. The topological polar surface area (TPSA) is 98.1 Å². The number of ether oxygens (including phenoxy) is 1. The molecule has 8 heteroatoms. The summed E-state index contributed by atoms with van der Waals surface area (Å²) >= 11 is 3.04. The van der Waals surface area contributed by atoms with Gasteiger partial charge in [0, 0.05) is 6.07 Å². The summed E-state index contributed by atoms with van der Waals surface area (Å²) in [5.74, 6) is 0.320. The Kier molecular flexibility index (Phi) is 3.61. The maximum atomic E-state index is 11.4. The number of hydrogen-bond donors (Lipinski definition) is 1. The normalized spacial score (nSPS) is 10.2. The lowest BCUT2D eigenvalue weighted by Crippen LogP contribution is -2.08. The molecule has 19 heavy (non-hydrogen) atoms. The van der Waals surface area contributed by atoms with Gasteiger partial charge in [-0.05, 0) is 34.5 Å². The fraction of sp³-hybridized carbons (Fsp3) is 0.0909. The molecule has 2 aromatic rings. The van der Waals surface area contributed by atoms with Crippen molar-refractivity contribution < 1.29 is 9.66 Å². The number of non-ortho nitro benzene ring substituents is 1. The van der Waals surface area contributed by atoms with Gasteiger partial charge in [0.1, 0.15) is 10.2 Å². The molecule has 0 aliphatic rings. The second-order valence-electron chi connectivity index (χ2n) is 3.66. The van der Waals surface area contributed by atoms with Crippen molar-refractivity contribution in [1.82, 2.24) is 9.97 Å². The molecule has 0 aliphatic heterocycles. The van der Waals surface area contributed by atoms with Crippen LogP contribution in [0.3, 0.4) is 0 Å². The second kappa shape index (κ2) is 5.19. The van der Waals surface area contributed by atoms with Gasteiger partial charge >= 0.3 is 0 Å². The standard InChI is InChI=1S/C11H8BrN3O4/c1-6-2-3-7(15(17)18)4-8(6)19-11-9(12)10(16)13-5-14-11/h2-5H,1H3,(H,13,14,16). The molecule has 0 saturated heterocycles. The van der Waals surface area contributed by atoms with E-state index in [9.17, 15) is 14.9 Å². The average Bonchev–Trinajstić information content (AvgIpc) is 2.37. The smallest absolute Gasteiger partial charge is 0.273 e. The number of nitro benzene ring substituents is 1. The Balaban J connectivity index is 2.43. The van der Waals surface area contributed by atoms with Crippen molar-refractivity contribution in [3.05, 3.63) is 55.0 Å². The third-order valence-corrected chi connectivity index (χ3v) is 3.05. The zero-order valence-corrected chi connectivity index (χ0v) is 11.3. The first kappa shape index (κ1) is 13.2. The summed E-state index contributed by atoms with van der Waals surface area (Å²) in [6.45, 7) is 1.74. The van der Waals surface area contributed by atoms with Gasteiger partial charge in [-0.15, -0.1) is 0 Å². The van der Waals surface area contributed by atoms with E-state index in [2.05, 4.69) is 25.9 Å². The van der Waals surface area contributed by atoms with Crippen molar-refractivity contribution in [3.8, 4) is 11.6 Å². The number of halogens is 1. The molecule has 0 amide bonds. The number of H-pyrrole nitrogens is 1. The molecule has 1 N–H and O–H groups in total. The molecule has 98 valence electrons. The van der Waals surface area contributed by atoms with Gasteiger partial charge in [0.05, 0.1) is 17.3 Å². The van der Waals surface area contributed by atoms with Crippen LogP contribution in [-0.4, -0.2) is 14.9 Å². The SMILES string of the molecule is Cc1ccc([N+](=O)[O-])cc1Oc1nc[nH]c(=O)c1Br. The highest BCUT2D eigenvalue weighted by atomic mass is 79.9. The van der Waals surface area contributed by atoms with E-state index in [1.807, 2.05) is 0 Å². The minimum absolute atomic E-state index is 0.0485. The van der Waals surface area contributed by atoms with Gasteiger partial charge in [-0.25, -0.2) is 4.98 Å². The van der Waals surface area contributed by atoms with Gasteiger partial charge in [0.2, 0.25) is 5.88 Å². The fourth-order valence-corrected chi connectivity index (χ4v) is 1.65. The number of nitrogens with one attached hydrogen (secondary N) is 1. The summed E-state index contributed by atoms with van der Waals surface area (Å²) in [6, 6.07) is 4.22. The molecular formula is C11H8BrN3O4. The van der Waals surface area contributed by atoms with Gasteiger partial charge in [-0.3, -0.25) is 14.9 Å². The highest BCUT2D eigenvalue weighted by Gasteiger charge is 2.13. The maximum Gasteiger partial charge on any atom is 0.273 e. The highest BCUT2D eigenvalue weighted by molar-refractivity contribution is 9.10. The van der Waals surface area contributed by atoms with E-state index >= 15 is 0 Å². The van der Waals surface area contributed by atoms with Gasteiger partial charge in [0.15, 0.2) is 0 Å². The number of aryl methyl sites for hydroxylation is 1. The van der Waals surface area contributed by atoms with E-state index in [0.717, 1.165) is 0 Å². The lowest BCUT2D eigenvalue weighted by Gasteiger charge is -2.08. The van der Waals surface area contributed by atoms with Crippen LogP contribution in [0.2, 0.25) is 0 Å². The zero-order valence-electron chi connectivity index (χ0n) is 9.71. The summed E-state index contributed by atoms with van der Waals surface area (Å²) in [5, 5.41) is 10.7. The van der Waals surface area contributed by atoms with E-state index in [0.29, 0.717) is 5.56 Å². The first-order chi connectivity index (χ1) is 8.99. The summed E-state index contributed by atoms with van der Waals surface area (Å²) in [7, 11) is 0. The van der Waals surface area contributed by atoms with Crippen molar-refractivity contribution in [2.45, 2.75) is 6.92 Å². The van der Waals surface area contributed by atoms with E-state index < -0.39 is 10.5 Å². The predicted molar refractivity (Wildman–Crippen MR) is 70.5 cm³/mol. The van der Waals surface area contributed by atoms with Crippen LogP contribution in [0, 0.1) is 17.0 Å². The Morgan fingerprint density at radius 2 is 2.21 bits per heavy atom. The van der Waals surface area contributed by atoms with E-state index in [-0.39, 0.29) is 21.8 Å². The van der Waals surface area contributed by atoms with Crippen LogP contribution in [0.5, 0.6) is 11.6 Å². The summed E-state index contributed by atoms with van der Waals surface area (Å²) < 4.78 is 5.55. The van der Waals surface area contributed by atoms with Crippen molar-refractivity contribution in [3.63, 3.8) is 0 Å². The van der Waals surface area contributed by atoms with Crippen molar-refractivity contribution in [2.24, 2.45) is 0 Å². The molecule has 0 radical (unpaired) electrons. The first-order valence-corrected chi connectivity index (χ1v) is 5.94. The second-order valence-corrected chi connectivity index (χ2v) is 4.45. The van der Waals surface area contributed by atoms with Gasteiger partial charge < -0.3 is 9.72 Å². The van der Waals surface area contributed by atoms with Crippen LogP contribution in [-0.2, 0) is 0 Å². The summed E-state index contributed by atoms with van der Waals surface area (Å²) in [4.78, 5) is 27.8. The fourth-order valence-electron chi connectivity index (χ4n) is 1.35. The molecule has 0 bridgehead atoms. The molecule has 0 atom stereocenters. The molecule has 0 saturated carbocycles. The van der Waals surface area contributed by atoms with E-state index in [1.54, 1.807) is 13.0 Å². The molecule has 0 aliphatic carbocycles. The quantitative estimate of drug-likeness (QED) is 0.690. The number of rotatable bonds is 3. The number of nitro groups is 1. The Labute approximate surface area is 115 Å². The number of aromatic nitrogens is 2. The summed E-state index contributed by atoms with van der Waals surface area (Å²) in [6.07, 6.45) is 1.19. The number of benzene rings is 1. The molecule has 0 spiro atoms. The van der Waals surface area contributed by atoms with Crippen LogP contribution in [0.25, 0.3) is 0 Å². The molecule has 0 unspecified atom stereocenters. The molecule has 1 aromatic carbocycles. The molecule has 2 rings (SSSR count).